The number of hydrogen-bond donors (Lipinski definition) is 2. The molecule has 0 aromatic heterocycles. The number of anilines is 1. The van der Waals surface area contributed by atoms with Crippen LogP contribution in [0, 0.1) is 5.92 Å². The smallest absolute Gasteiger partial charge is 0.236 e. The summed E-state index contributed by atoms with van der Waals surface area (Å²) in [6.45, 7) is 6.22. The van der Waals surface area contributed by atoms with Crippen LogP contribution in [0.25, 0.3) is 0 Å². The first-order valence-electron chi connectivity index (χ1n) is 7.50. The van der Waals surface area contributed by atoms with Crippen molar-refractivity contribution in [2.45, 2.75) is 39.3 Å². The van der Waals surface area contributed by atoms with E-state index in [1.807, 2.05) is 4.90 Å². The van der Waals surface area contributed by atoms with E-state index in [-0.39, 0.29) is 12.5 Å². The number of primary amides is 1. The summed E-state index contributed by atoms with van der Waals surface area (Å²) in [4.78, 5) is 13.3. The Labute approximate surface area is 135 Å². The lowest BCUT2D eigenvalue weighted by Crippen LogP contribution is -2.36. The van der Waals surface area contributed by atoms with Crippen LogP contribution in [0.15, 0.2) is 22.7 Å². The Bertz CT molecular complexity index is 500. The average molecular weight is 354 g/mol. The minimum atomic E-state index is -0.304. The normalized spacial score (nSPS) is 14.5. The molecule has 4 nitrogen and oxygen atoms in total. The summed E-state index contributed by atoms with van der Waals surface area (Å²) < 4.78 is 1.01. The first-order valence-corrected chi connectivity index (χ1v) is 8.30. The molecule has 1 aliphatic rings. The molecule has 3 N–H and O–H groups in total. The topological polar surface area (TPSA) is 58.4 Å². The second-order valence-electron chi connectivity index (χ2n) is 6.18. The van der Waals surface area contributed by atoms with Crippen LogP contribution in [0.1, 0.15) is 32.3 Å². The Kier molecular flexibility index (Phi) is 5.65. The van der Waals surface area contributed by atoms with E-state index in [1.54, 1.807) is 0 Å². The quantitative estimate of drug-likeness (QED) is 0.755. The molecular weight excluding hydrogens is 330 g/mol. The average Bonchev–Trinajstić information content (AvgIpc) is 3.18. The van der Waals surface area contributed by atoms with Gasteiger partial charge in [-0.3, -0.25) is 4.79 Å². The maximum absolute atomic E-state index is 11.3. The van der Waals surface area contributed by atoms with Gasteiger partial charge in [-0.2, -0.15) is 0 Å². The largest absolute Gasteiger partial charge is 0.368 e. The number of nitrogens with one attached hydrogen (secondary N) is 1. The molecule has 116 valence electrons. The lowest BCUT2D eigenvalue weighted by molar-refractivity contribution is -0.116. The van der Waals surface area contributed by atoms with Crippen molar-refractivity contribution in [1.29, 1.82) is 0 Å². The van der Waals surface area contributed by atoms with Crippen LogP contribution in [0.3, 0.4) is 0 Å². The van der Waals surface area contributed by atoms with Crippen LogP contribution in [-0.4, -0.2) is 25.0 Å². The first kappa shape index (κ1) is 16.3. The number of carbonyl (C=O) groups is 1. The predicted molar refractivity (Wildman–Crippen MR) is 90.2 cm³/mol. The molecule has 0 bridgehead atoms. The van der Waals surface area contributed by atoms with Crippen molar-refractivity contribution < 1.29 is 4.79 Å². The number of amides is 1. The van der Waals surface area contributed by atoms with Gasteiger partial charge in [-0.05, 0) is 52.4 Å². The van der Waals surface area contributed by atoms with Gasteiger partial charge in [0.1, 0.15) is 0 Å². The van der Waals surface area contributed by atoms with Crippen LogP contribution in [0.2, 0.25) is 0 Å². The molecule has 0 spiro atoms. The van der Waals surface area contributed by atoms with Crippen LogP contribution >= 0.6 is 15.9 Å². The molecule has 5 heteroatoms. The molecule has 21 heavy (non-hydrogen) atoms. The molecule has 1 aromatic rings. The van der Waals surface area contributed by atoms with Gasteiger partial charge in [-0.1, -0.05) is 19.9 Å². The lowest BCUT2D eigenvalue weighted by atomic mass is 10.1. The van der Waals surface area contributed by atoms with Crippen LogP contribution in [0.5, 0.6) is 0 Å². The lowest BCUT2D eigenvalue weighted by Gasteiger charge is -2.26. The zero-order valence-electron chi connectivity index (χ0n) is 12.7. The van der Waals surface area contributed by atoms with Gasteiger partial charge in [-0.15, -0.1) is 0 Å². The van der Waals surface area contributed by atoms with Gasteiger partial charge >= 0.3 is 0 Å². The van der Waals surface area contributed by atoms with E-state index in [0.717, 1.165) is 23.2 Å². The van der Waals surface area contributed by atoms with Gasteiger partial charge in [-0.25, -0.2) is 0 Å². The van der Waals surface area contributed by atoms with E-state index in [1.165, 1.54) is 18.4 Å². The fraction of sp³-hybridized carbons (Fsp3) is 0.562. The molecule has 0 saturated heterocycles. The van der Waals surface area contributed by atoms with Crippen molar-refractivity contribution in [2.24, 2.45) is 11.7 Å². The van der Waals surface area contributed by atoms with Gasteiger partial charge in [0.05, 0.1) is 12.2 Å². The van der Waals surface area contributed by atoms with E-state index in [4.69, 9.17) is 5.73 Å². The Morgan fingerprint density at radius 3 is 2.71 bits per heavy atom. The summed E-state index contributed by atoms with van der Waals surface area (Å²) in [6, 6.07) is 7.01. The van der Waals surface area contributed by atoms with Crippen LogP contribution in [0.4, 0.5) is 5.69 Å². The van der Waals surface area contributed by atoms with E-state index in [9.17, 15) is 4.79 Å². The Morgan fingerprint density at radius 1 is 1.48 bits per heavy atom. The van der Waals surface area contributed by atoms with Gasteiger partial charge in [0.2, 0.25) is 5.91 Å². The maximum Gasteiger partial charge on any atom is 0.236 e. The van der Waals surface area contributed by atoms with Crippen LogP contribution < -0.4 is 16.0 Å². The molecule has 0 heterocycles. The molecule has 1 aliphatic carbocycles. The number of hydrogen-bond acceptors (Lipinski definition) is 3. The van der Waals surface area contributed by atoms with Crippen molar-refractivity contribution in [1.82, 2.24) is 5.32 Å². The number of nitrogens with two attached hydrogens (primary N) is 1. The van der Waals surface area contributed by atoms with Gasteiger partial charge in [0.25, 0.3) is 0 Å². The first-order chi connectivity index (χ1) is 9.95. The highest BCUT2D eigenvalue weighted by molar-refractivity contribution is 9.10. The summed E-state index contributed by atoms with van der Waals surface area (Å²) in [5.74, 6) is 0.162. The molecule has 1 amide bonds. The fourth-order valence-corrected chi connectivity index (χ4v) is 3.02. The second kappa shape index (κ2) is 7.27. The summed E-state index contributed by atoms with van der Waals surface area (Å²) in [5.41, 5.74) is 7.65. The van der Waals surface area contributed by atoms with E-state index >= 15 is 0 Å². The van der Waals surface area contributed by atoms with Crippen molar-refractivity contribution in [3.05, 3.63) is 28.2 Å². The standard InChI is InChI=1S/C16H24BrN3O/c1-11(2)9-20(10-16(18)21)15-6-3-12(7-14(15)17)8-19-13-4-5-13/h3,6-7,11,13,19H,4-5,8-10H2,1-2H3,(H2,18,21). The van der Waals surface area contributed by atoms with Crippen molar-refractivity contribution in [2.75, 3.05) is 18.0 Å². The SMILES string of the molecule is CC(C)CN(CC(N)=O)c1ccc(CNC2CC2)cc1Br. The summed E-state index contributed by atoms with van der Waals surface area (Å²) in [6.07, 6.45) is 2.58. The number of nitrogens with zero attached hydrogens (tertiary/aromatic N) is 1. The Hall–Kier alpha value is -1.07. The van der Waals surface area contributed by atoms with Crippen molar-refractivity contribution >= 4 is 27.5 Å². The molecular formula is C16H24BrN3O. The molecule has 0 radical (unpaired) electrons. The van der Waals surface area contributed by atoms with Gasteiger partial charge in [0, 0.05) is 23.6 Å². The maximum atomic E-state index is 11.3. The Morgan fingerprint density at radius 2 is 2.19 bits per heavy atom. The zero-order chi connectivity index (χ0) is 15.4. The number of carbonyl (C=O) groups excluding carboxylic acids is 1. The summed E-state index contributed by atoms with van der Waals surface area (Å²) in [7, 11) is 0. The third-order valence-corrected chi connectivity index (χ3v) is 4.09. The van der Waals surface area contributed by atoms with Gasteiger partial charge in [0.15, 0.2) is 0 Å². The highest BCUT2D eigenvalue weighted by Crippen LogP contribution is 2.28. The van der Waals surface area contributed by atoms with Crippen molar-refractivity contribution in [3.63, 3.8) is 0 Å². The fourth-order valence-electron chi connectivity index (χ4n) is 2.34. The van der Waals surface area contributed by atoms with Crippen molar-refractivity contribution in [3.8, 4) is 0 Å². The highest BCUT2D eigenvalue weighted by Gasteiger charge is 2.20. The van der Waals surface area contributed by atoms with E-state index in [0.29, 0.717) is 12.0 Å². The zero-order valence-corrected chi connectivity index (χ0v) is 14.3. The molecule has 1 saturated carbocycles. The van der Waals surface area contributed by atoms with E-state index in [2.05, 4.69) is 53.3 Å². The molecule has 0 aliphatic heterocycles. The number of halogens is 1. The van der Waals surface area contributed by atoms with Gasteiger partial charge < -0.3 is 16.0 Å². The second-order valence-corrected chi connectivity index (χ2v) is 7.04. The molecule has 2 rings (SSSR count). The Balaban J connectivity index is 2.09. The molecule has 0 unspecified atom stereocenters. The molecule has 0 atom stereocenters. The molecule has 1 fully saturated rings. The monoisotopic (exact) mass is 353 g/mol. The van der Waals surface area contributed by atoms with E-state index < -0.39 is 0 Å². The van der Waals surface area contributed by atoms with Crippen LogP contribution in [-0.2, 0) is 11.3 Å². The summed E-state index contributed by atoms with van der Waals surface area (Å²) >= 11 is 3.63. The predicted octanol–water partition coefficient (Wildman–Crippen LogP) is 2.65. The minimum absolute atomic E-state index is 0.246. The minimum Gasteiger partial charge on any atom is -0.368 e. The number of rotatable bonds is 8. The third kappa shape index (κ3) is 5.32. The highest BCUT2D eigenvalue weighted by atomic mass is 79.9. The molecule has 1 aromatic carbocycles. The number of benzene rings is 1. The third-order valence-electron chi connectivity index (χ3n) is 3.46. The summed E-state index contributed by atoms with van der Waals surface area (Å²) in [5, 5.41) is 3.50.